The molecule has 0 unspecified atom stereocenters. The van der Waals surface area contributed by atoms with Crippen molar-refractivity contribution in [2.75, 3.05) is 5.32 Å². The number of aromatic hydroxyl groups is 1. The molecule has 0 saturated heterocycles. The Hall–Kier alpha value is -2.44. The Bertz CT molecular complexity index is 1040. The summed E-state index contributed by atoms with van der Waals surface area (Å²) in [7, 11) is 0. The van der Waals surface area contributed by atoms with Gasteiger partial charge in [-0.3, -0.25) is 9.78 Å². The number of benzene rings is 2. The van der Waals surface area contributed by atoms with Crippen LogP contribution in [0.1, 0.15) is 11.1 Å². The number of aromatic nitrogens is 1. The number of rotatable bonds is 2. The summed E-state index contributed by atoms with van der Waals surface area (Å²) >= 11 is 6.64. The number of anilines is 1. The molecule has 1 aromatic heterocycles. The van der Waals surface area contributed by atoms with Gasteiger partial charge in [0.1, 0.15) is 5.75 Å². The number of carbonyl (C=O) groups is 1. The number of fused-ring (bicyclic) bond motifs is 1. The second kappa shape index (κ2) is 6.70. The molecule has 2 N–H and O–H groups in total. The molecule has 6 heteroatoms. The summed E-state index contributed by atoms with van der Waals surface area (Å²) in [5.74, 6) is -0.0223. The van der Waals surface area contributed by atoms with Gasteiger partial charge in [-0.05, 0) is 79.4 Å². The number of carbonyl (C=O) groups excluding carboxylic acids is 1. The van der Waals surface area contributed by atoms with Gasteiger partial charge < -0.3 is 10.4 Å². The largest absolute Gasteiger partial charge is 0.506 e. The van der Waals surface area contributed by atoms with Crippen molar-refractivity contribution in [1.82, 2.24) is 4.98 Å². The third kappa shape index (κ3) is 3.06. The lowest BCUT2D eigenvalue weighted by Gasteiger charge is -2.06. The molecule has 0 fully saturated rings. The van der Waals surface area contributed by atoms with E-state index in [1.807, 2.05) is 36.4 Å². The van der Waals surface area contributed by atoms with Crippen molar-refractivity contribution in [3.63, 3.8) is 0 Å². The molecule has 0 spiro atoms. The lowest BCUT2D eigenvalue weighted by Crippen LogP contribution is -2.03. The molecule has 2 aromatic carbocycles. The number of phenols is 1. The van der Waals surface area contributed by atoms with E-state index < -0.39 is 0 Å². The fourth-order valence-corrected chi connectivity index (χ4v) is 4.10. The summed E-state index contributed by atoms with van der Waals surface area (Å²) in [5.41, 5.74) is 4.99. The molecule has 4 nitrogen and oxygen atoms in total. The molecule has 4 rings (SSSR count). The smallest absolute Gasteiger partial charge is 0.256 e. The number of halogens is 2. The standard InChI is InChI=1S/C20H12Br2N2O2/c21-16-7-11(8-17(22)19(16)25)6-15-14-9-12(13-2-1-5-23-10-13)3-4-18(14)24-20(15)26/h1-10,25H,(H,24,26). The highest BCUT2D eigenvalue weighted by molar-refractivity contribution is 9.11. The second-order valence-corrected chi connectivity index (χ2v) is 7.56. The van der Waals surface area contributed by atoms with Crippen molar-refractivity contribution >= 4 is 55.1 Å². The van der Waals surface area contributed by atoms with E-state index in [-0.39, 0.29) is 11.7 Å². The first-order valence-corrected chi connectivity index (χ1v) is 9.37. The van der Waals surface area contributed by atoms with Gasteiger partial charge in [-0.15, -0.1) is 0 Å². The molecule has 128 valence electrons. The van der Waals surface area contributed by atoms with Crippen molar-refractivity contribution in [3.05, 3.63) is 74.9 Å². The average molecular weight is 472 g/mol. The van der Waals surface area contributed by atoms with E-state index in [1.54, 1.807) is 24.5 Å². The maximum absolute atomic E-state index is 12.5. The average Bonchev–Trinajstić information content (AvgIpc) is 2.95. The lowest BCUT2D eigenvalue weighted by molar-refractivity contribution is -0.110. The molecule has 0 saturated carbocycles. The van der Waals surface area contributed by atoms with Gasteiger partial charge >= 0.3 is 0 Å². The molecular formula is C20H12Br2N2O2. The number of nitrogens with zero attached hydrogens (tertiary/aromatic N) is 1. The Morgan fingerprint density at radius 3 is 2.50 bits per heavy atom. The van der Waals surface area contributed by atoms with Crippen LogP contribution in [0.3, 0.4) is 0 Å². The molecule has 0 aliphatic carbocycles. The summed E-state index contributed by atoms with van der Waals surface area (Å²) in [5, 5.41) is 12.8. The van der Waals surface area contributed by atoms with E-state index in [0.29, 0.717) is 14.5 Å². The van der Waals surface area contributed by atoms with Crippen LogP contribution in [0.15, 0.2) is 63.8 Å². The predicted octanol–water partition coefficient (Wildman–Crippen LogP) is 5.47. The Morgan fingerprint density at radius 1 is 1.04 bits per heavy atom. The Morgan fingerprint density at radius 2 is 1.81 bits per heavy atom. The number of hydrogen-bond donors (Lipinski definition) is 2. The van der Waals surface area contributed by atoms with E-state index in [9.17, 15) is 9.90 Å². The zero-order valence-electron chi connectivity index (χ0n) is 13.3. The predicted molar refractivity (Wildman–Crippen MR) is 110 cm³/mol. The highest BCUT2D eigenvalue weighted by Gasteiger charge is 2.24. The third-order valence-electron chi connectivity index (χ3n) is 4.15. The first-order chi connectivity index (χ1) is 12.5. The second-order valence-electron chi connectivity index (χ2n) is 5.85. The van der Waals surface area contributed by atoms with E-state index in [1.165, 1.54) is 0 Å². The fourth-order valence-electron chi connectivity index (χ4n) is 2.88. The molecule has 26 heavy (non-hydrogen) atoms. The van der Waals surface area contributed by atoms with Crippen molar-refractivity contribution in [3.8, 4) is 16.9 Å². The molecule has 1 aliphatic rings. The van der Waals surface area contributed by atoms with Gasteiger partial charge in [0.25, 0.3) is 5.91 Å². The summed E-state index contributed by atoms with van der Waals surface area (Å²) < 4.78 is 1.11. The minimum absolute atomic E-state index is 0.127. The first-order valence-electron chi connectivity index (χ1n) is 7.79. The molecule has 0 bridgehead atoms. The van der Waals surface area contributed by atoms with Crippen LogP contribution in [0, 0.1) is 0 Å². The summed E-state index contributed by atoms with van der Waals surface area (Å²) in [6.07, 6.45) is 5.33. The molecule has 3 aromatic rings. The summed E-state index contributed by atoms with van der Waals surface area (Å²) in [6.45, 7) is 0. The maximum atomic E-state index is 12.5. The topological polar surface area (TPSA) is 62.2 Å². The van der Waals surface area contributed by atoms with Gasteiger partial charge in [-0.2, -0.15) is 0 Å². The van der Waals surface area contributed by atoms with Gasteiger partial charge in [-0.1, -0.05) is 12.1 Å². The number of hydrogen-bond acceptors (Lipinski definition) is 3. The Kier molecular flexibility index (Phi) is 4.38. The van der Waals surface area contributed by atoms with Crippen molar-refractivity contribution in [1.29, 1.82) is 0 Å². The van der Waals surface area contributed by atoms with E-state index in [2.05, 4.69) is 42.2 Å². The van der Waals surface area contributed by atoms with Crippen molar-refractivity contribution in [2.24, 2.45) is 0 Å². The molecule has 0 radical (unpaired) electrons. The minimum Gasteiger partial charge on any atom is -0.506 e. The van der Waals surface area contributed by atoms with Crippen LogP contribution in [0.25, 0.3) is 22.8 Å². The van der Waals surface area contributed by atoms with Crippen molar-refractivity contribution in [2.45, 2.75) is 0 Å². The number of pyridine rings is 1. The molecular weight excluding hydrogens is 460 g/mol. The van der Waals surface area contributed by atoms with Gasteiger partial charge in [0.2, 0.25) is 0 Å². The van der Waals surface area contributed by atoms with Gasteiger partial charge in [0.15, 0.2) is 0 Å². The van der Waals surface area contributed by atoms with Crippen LogP contribution in [-0.4, -0.2) is 16.0 Å². The number of nitrogens with one attached hydrogen (secondary N) is 1. The van der Waals surface area contributed by atoms with Crippen LogP contribution in [-0.2, 0) is 4.79 Å². The van der Waals surface area contributed by atoms with Crippen molar-refractivity contribution < 1.29 is 9.90 Å². The maximum Gasteiger partial charge on any atom is 0.256 e. The quantitative estimate of drug-likeness (QED) is 0.487. The molecule has 1 aliphatic heterocycles. The van der Waals surface area contributed by atoms with Crippen LogP contribution < -0.4 is 5.32 Å². The summed E-state index contributed by atoms with van der Waals surface area (Å²) in [4.78, 5) is 16.6. The SMILES string of the molecule is O=C1Nc2ccc(-c3cccnc3)cc2C1=Cc1cc(Br)c(O)c(Br)c1. The van der Waals surface area contributed by atoms with Crippen LogP contribution in [0.4, 0.5) is 5.69 Å². The van der Waals surface area contributed by atoms with Gasteiger partial charge in [-0.25, -0.2) is 0 Å². The van der Waals surface area contributed by atoms with Crippen LogP contribution in [0.5, 0.6) is 5.75 Å². The molecule has 0 atom stereocenters. The lowest BCUT2D eigenvalue weighted by atomic mass is 9.99. The fraction of sp³-hybridized carbons (Fsp3) is 0. The number of phenolic OH excluding ortho intramolecular Hbond substituents is 1. The Labute approximate surface area is 166 Å². The highest BCUT2D eigenvalue weighted by atomic mass is 79.9. The third-order valence-corrected chi connectivity index (χ3v) is 5.36. The van der Waals surface area contributed by atoms with Gasteiger partial charge in [0, 0.05) is 34.8 Å². The monoisotopic (exact) mass is 470 g/mol. The van der Waals surface area contributed by atoms with E-state index >= 15 is 0 Å². The normalized spacial score (nSPS) is 14.4. The van der Waals surface area contributed by atoms with Crippen LogP contribution >= 0.6 is 31.9 Å². The molecule has 1 amide bonds. The van der Waals surface area contributed by atoms with E-state index in [4.69, 9.17) is 0 Å². The van der Waals surface area contributed by atoms with E-state index in [0.717, 1.165) is 27.9 Å². The highest BCUT2D eigenvalue weighted by Crippen LogP contribution is 2.38. The zero-order valence-corrected chi connectivity index (χ0v) is 16.5. The van der Waals surface area contributed by atoms with Gasteiger partial charge in [0.05, 0.1) is 8.95 Å². The minimum atomic E-state index is -0.149. The first kappa shape index (κ1) is 17.0. The number of amides is 1. The summed E-state index contributed by atoms with van der Waals surface area (Å²) in [6, 6.07) is 13.3. The molecule has 2 heterocycles. The zero-order chi connectivity index (χ0) is 18.3. The Balaban J connectivity index is 1.82. The van der Waals surface area contributed by atoms with Crippen LogP contribution in [0.2, 0.25) is 0 Å².